The van der Waals surface area contributed by atoms with Gasteiger partial charge in [-0.15, -0.1) is 0 Å². The zero-order valence-electron chi connectivity index (χ0n) is 13.0. The van der Waals surface area contributed by atoms with Crippen LogP contribution in [0.3, 0.4) is 0 Å². The van der Waals surface area contributed by atoms with Crippen LogP contribution in [0.5, 0.6) is 0 Å². The molecule has 1 aromatic heterocycles. The lowest BCUT2D eigenvalue weighted by Crippen LogP contribution is -2.56. The van der Waals surface area contributed by atoms with E-state index >= 15 is 0 Å². The number of aromatic nitrogens is 1. The molecule has 0 aliphatic carbocycles. The van der Waals surface area contributed by atoms with Gasteiger partial charge in [-0.05, 0) is 30.9 Å². The summed E-state index contributed by atoms with van der Waals surface area (Å²) >= 11 is 0. The van der Waals surface area contributed by atoms with Crippen molar-refractivity contribution in [3.63, 3.8) is 0 Å². The maximum atomic E-state index is 9.79. The normalized spacial score (nSPS) is 33.4. The average Bonchev–Trinajstić information content (AvgIpc) is 2.93. The number of aliphatic hydroxyl groups excluding tert-OH is 3. The number of aryl methyl sites for hydroxylation is 1. The van der Waals surface area contributed by atoms with E-state index < -0.39 is 18.3 Å². The van der Waals surface area contributed by atoms with E-state index in [9.17, 15) is 15.3 Å². The number of rotatable bonds is 3. The standard InChI is InChI=1S/C16H25N3O3/c1-11-3-2-5-17-16(11)19-6-4-12(8-19)7-18-9-13(20)15(22)14(21)10-18/h2-3,5,12-15,20-22H,4,6-10H2,1H3/t12-,13-,14+,15+/m1/s1. The van der Waals surface area contributed by atoms with Crippen molar-refractivity contribution >= 4 is 5.82 Å². The van der Waals surface area contributed by atoms with E-state index in [0.717, 1.165) is 31.9 Å². The summed E-state index contributed by atoms with van der Waals surface area (Å²) in [5, 5.41) is 29.2. The van der Waals surface area contributed by atoms with Crippen LogP contribution >= 0.6 is 0 Å². The van der Waals surface area contributed by atoms with Crippen LogP contribution in [-0.2, 0) is 0 Å². The number of hydrogen-bond acceptors (Lipinski definition) is 6. The third kappa shape index (κ3) is 3.25. The zero-order chi connectivity index (χ0) is 15.7. The summed E-state index contributed by atoms with van der Waals surface area (Å²) in [5.74, 6) is 1.55. The Kier molecular flexibility index (Phi) is 4.63. The minimum atomic E-state index is -1.02. The first kappa shape index (κ1) is 15.7. The van der Waals surface area contributed by atoms with Crippen LogP contribution in [0, 0.1) is 12.8 Å². The molecule has 0 unspecified atom stereocenters. The number of likely N-dealkylation sites (tertiary alicyclic amines) is 1. The summed E-state index contributed by atoms with van der Waals surface area (Å²) in [6, 6.07) is 4.03. The molecule has 6 nitrogen and oxygen atoms in total. The Morgan fingerprint density at radius 2 is 1.91 bits per heavy atom. The molecule has 1 aromatic rings. The summed E-state index contributed by atoms with van der Waals surface area (Å²) in [4.78, 5) is 8.84. The van der Waals surface area contributed by atoms with Gasteiger partial charge in [-0.3, -0.25) is 4.90 Å². The minimum Gasteiger partial charge on any atom is -0.389 e. The first-order chi connectivity index (χ1) is 10.5. The van der Waals surface area contributed by atoms with Crippen molar-refractivity contribution in [2.24, 2.45) is 5.92 Å². The second-order valence-corrected chi connectivity index (χ2v) is 6.59. The predicted molar refractivity (Wildman–Crippen MR) is 83.8 cm³/mol. The van der Waals surface area contributed by atoms with Crippen LogP contribution < -0.4 is 4.90 Å². The summed E-state index contributed by atoms with van der Waals surface area (Å²) in [6.45, 7) is 5.71. The monoisotopic (exact) mass is 307 g/mol. The maximum absolute atomic E-state index is 9.79. The summed E-state index contributed by atoms with van der Waals surface area (Å²) in [7, 11) is 0. The number of aliphatic hydroxyl groups is 3. The van der Waals surface area contributed by atoms with Crippen molar-refractivity contribution in [1.29, 1.82) is 0 Å². The van der Waals surface area contributed by atoms with E-state index in [1.165, 1.54) is 5.56 Å². The van der Waals surface area contributed by atoms with Gasteiger partial charge >= 0.3 is 0 Å². The number of hydrogen-bond donors (Lipinski definition) is 3. The largest absolute Gasteiger partial charge is 0.389 e. The lowest BCUT2D eigenvalue weighted by atomic mass is 10.00. The summed E-state index contributed by atoms with van der Waals surface area (Å²) < 4.78 is 0. The molecule has 4 atom stereocenters. The first-order valence-electron chi connectivity index (χ1n) is 7.97. The molecular formula is C16H25N3O3. The summed E-state index contributed by atoms with van der Waals surface area (Å²) in [5.41, 5.74) is 1.19. The van der Waals surface area contributed by atoms with Gasteiger partial charge < -0.3 is 20.2 Å². The van der Waals surface area contributed by atoms with Gasteiger partial charge in [-0.1, -0.05) is 6.07 Å². The molecular weight excluding hydrogens is 282 g/mol. The van der Waals surface area contributed by atoms with Crippen LogP contribution in [-0.4, -0.2) is 76.2 Å². The second-order valence-electron chi connectivity index (χ2n) is 6.59. The Bertz CT molecular complexity index is 501. The molecule has 2 aliphatic heterocycles. The SMILES string of the molecule is Cc1cccnc1N1CC[C@H](CN2C[C@@H](O)[C@H](O)[C@@H](O)C2)C1. The molecule has 0 bridgehead atoms. The summed E-state index contributed by atoms with van der Waals surface area (Å²) in [6.07, 6.45) is 0.168. The van der Waals surface area contributed by atoms with Crippen LogP contribution in [0.1, 0.15) is 12.0 Å². The molecule has 0 aromatic carbocycles. The Morgan fingerprint density at radius 1 is 1.18 bits per heavy atom. The predicted octanol–water partition coefficient (Wildman–Crippen LogP) is -0.385. The van der Waals surface area contributed by atoms with Gasteiger partial charge in [0.2, 0.25) is 0 Å². The fraction of sp³-hybridized carbons (Fsp3) is 0.688. The number of pyridine rings is 1. The quantitative estimate of drug-likeness (QED) is 0.706. The van der Waals surface area contributed by atoms with Gasteiger partial charge in [-0.2, -0.15) is 0 Å². The zero-order valence-corrected chi connectivity index (χ0v) is 13.0. The van der Waals surface area contributed by atoms with Crippen molar-refractivity contribution in [3.8, 4) is 0 Å². The smallest absolute Gasteiger partial charge is 0.131 e. The molecule has 0 spiro atoms. The number of nitrogens with zero attached hydrogens (tertiary/aromatic N) is 3. The van der Waals surface area contributed by atoms with Gasteiger partial charge in [0.15, 0.2) is 0 Å². The van der Waals surface area contributed by atoms with Gasteiger partial charge in [0.25, 0.3) is 0 Å². The van der Waals surface area contributed by atoms with Crippen molar-refractivity contribution in [1.82, 2.24) is 9.88 Å². The molecule has 3 N–H and O–H groups in total. The van der Waals surface area contributed by atoms with Crippen molar-refractivity contribution < 1.29 is 15.3 Å². The Morgan fingerprint density at radius 3 is 2.59 bits per heavy atom. The fourth-order valence-corrected chi connectivity index (χ4v) is 3.57. The van der Waals surface area contributed by atoms with E-state index in [2.05, 4.69) is 27.8 Å². The van der Waals surface area contributed by atoms with Gasteiger partial charge in [0.1, 0.15) is 11.9 Å². The van der Waals surface area contributed by atoms with Gasteiger partial charge in [0.05, 0.1) is 12.2 Å². The van der Waals surface area contributed by atoms with Crippen molar-refractivity contribution in [2.45, 2.75) is 31.7 Å². The molecule has 0 radical (unpaired) electrons. The van der Waals surface area contributed by atoms with Crippen LogP contribution in [0.25, 0.3) is 0 Å². The maximum Gasteiger partial charge on any atom is 0.131 e. The van der Waals surface area contributed by atoms with Crippen LogP contribution in [0.4, 0.5) is 5.82 Å². The van der Waals surface area contributed by atoms with Crippen molar-refractivity contribution in [2.75, 3.05) is 37.6 Å². The fourth-order valence-electron chi connectivity index (χ4n) is 3.57. The molecule has 2 fully saturated rings. The third-order valence-corrected chi connectivity index (χ3v) is 4.76. The molecule has 3 heterocycles. The highest BCUT2D eigenvalue weighted by Gasteiger charge is 2.35. The molecule has 0 saturated carbocycles. The Balaban J connectivity index is 1.56. The Hall–Kier alpha value is -1.21. The molecule has 2 aliphatic rings. The number of piperidine rings is 1. The molecule has 22 heavy (non-hydrogen) atoms. The molecule has 2 saturated heterocycles. The molecule has 0 amide bonds. The van der Waals surface area contributed by atoms with E-state index in [1.54, 1.807) is 0 Å². The molecule has 122 valence electrons. The minimum absolute atomic E-state index is 0.428. The third-order valence-electron chi connectivity index (χ3n) is 4.76. The number of β-amino-alcohol motifs (C(OH)–C–C–N with tert-alkyl or cyclic N) is 2. The average molecular weight is 307 g/mol. The number of anilines is 1. The lowest BCUT2D eigenvalue weighted by molar-refractivity contribution is -0.111. The van der Waals surface area contributed by atoms with Crippen LogP contribution in [0.2, 0.25) is 0 Å². The molecule has 6 heteroatoms. The van der Waals surface area contributed by atoms with E-state index in [1.807, 2.05) is 12.3 Å². The lowest BCUT2D eigenvalue weighted by Gasteiger charge is -2.38. The second kappa shape index (κ2) is 6.50. The highest BCUT2D eigenvalue weighted by atomic mass is 16.4. The topological polar surface area (TPSA) is 80.1 Å². The van der Waals surface area contributed by atoms with E-state index in [-0.39, 0.29) is 0 Å². The van der Waals surface area contributed by atoms with Crippen molar-refractivity contribution in [3.05, 3.63) is 23.9 Å². The Labute approximate surface area is 131 Å². The highest BCUT2D eigenvalue weighted by Crippen LogP contribution is 2.26. The first-order valence-corrected chi connectivity index (χ1v) is 7.97. The van der Waals surface area contributed by atoms with E-state index in [0.29, 0.717) is 19.0 Å². The van der Waals surface area contributed by atoms with Gasteiger partial charge in [-0.25, -0.2) is 4.98 Å². The van der Waals surface area contributed by atoms with Gasteiger partial charge in [0, 0.05) is 38.9 Å². The van der Waals surface area contributed by atoms with E-state index in [4.69, 9.17) is 0 Å². The van der Waals surface area contributed by atoms with Crippen LogP contribution in [0.15, 0.2) is 18.3 Å². The molecule has 3 rings (SSSR count). The highest BCUT2D eigenvalue weighted by molar-refractivity contribution is 5.46.